The van der Waals surface area contributed by atoms with Crippen molar-refractivity contribution < 1.29 is 14.7 Å². The van der Waals surface area contributed by atoms with Crippen LogP contribution >= 0.6 is 11.6 Å². The minimum Gasteiger partial charge on any atom is -0.480 e. The molecule has 0 fully saturated rings. The summed E-state index contributed by atoms with van der Waals surface area (Å²) in [6, 6.07) is 6.20. The van der Waals surface area contributed by atoms with Crippen molar-refractivity contribution in [3.8, 4) is 0 Å². The van der Waals surface area contributed by atoms with Crippen LogP contribution in [0.25, 0.3) is 6.08 Å². The fraction of sp³-hybridized carbons (Fsp3) is 0.231. The predicted molar refractivity (Wildman–Crippen MR) is 70.3 cm³/mol. The first kappa shape index (κ1) is 14.3. The van der Waals surface area contributed by atoms with Gasteiger partial charge in [0.05, 0.1) is 0 Å². The highest BCUT2D eigenvalue weighted by Gasteiger charge is 2.15. The van der Waals surface area contributed by atoms with Gasteiger partial charge >= 0.3 is 5.97 Å². The molecule has 0 saturated carbocycles. The van der Waals surface area contributed by atoms with Crippen LogP contribution in [-0.2, 0) is 9.59 Å². The fourth-order valence-corrected chi connectivity index (χ4v) is 1.53. The van der Waals surface area contributed by atoms with Crippen molar-refractivity contribution in [1.82, 2.24) is 5.32 Å². The Bertz CT molecular complexity index is 471. The molecule has 0 spiro atoms. The number of rotatable bonds is 5. The number of carboxylic acids is 1. The van der Waals surface area contributed by atoms with Gasteiger partial charge in [-0.25, -0.2) is 4.79 Å². The van der Waals surface area contributed by atoms with Gasteiger partial charge in [-0.05, 0) is 24.1 Å². The molecule has 0 heterocycles. The molecule has 0 bridgehead atoms. The Morgan fingerprint density at radius 3 is 2.67 bits per heavy atom. The van der Waals surface area contributed by atoms with Gasteiger partial charge in [-0.1, -0.05) is 36.7 Å². The topological polar surface area (TPSA) is 66.4 Å². The van der Waals surface area contributed by atoms with E-state index in [0.717, 1.165) is 0 Å². The molecule has 4 nitrogen and oxygen atoms in total. The van der Waals surface area contributed by atoms with E-state index >= 15 is 0 Å². The first-order chi connectivity index (χ1) is 8.54. The van der Waals surface area contributed by atoms with Crippen molar-refractivity contribution in [3.63, 3.8) is 0 Å². The smallest absolute Gasteiger partial charge is 0.326 e. The van der Waals surface area contributed by atoms with E-state index in [1.165, 1.54) is 6.08 Å². The Hall–Kier alpha value is -1.81. The molecule has 0 aliphatic carbocycles. The maximum absolute atomic E-state index is 11.5. The first-order valence-electron chi connectivity index (χ1n) is 5.50. The molecule has 0 aromatic heterocycles. The summed E-state index contributed by atoms with van der Waals surface area (Å²) >= 11 is 5.91. The molecule has 1 rings (SSSR count). The van der Waals surface area contributed by atoms with Crippen LogP contribution < -0.4 is 5.32 Å². The third-order valence-electron chi connectivity index (χ3n) is 2.34. The fourth-order valence-electron chi connectivity index (χ4n) is 1.33. The molecular formula is C13H14ClNO3. The molecule has 1 aromatic carbocycles. The second kappa shape index (κ2) is 6.81. The summed E-state index contributed by atoms with van der Waals surface area (Å²) in [5.41, 5.74) is 0.706. The van der Waals surface area contributed by atoms with Crippen LogP contribution in [0.3, 0.4) is 0 Å². The van der Waals surface area contributed by atoms with Gasteiger partial charge in [0.2, 0.25) is 5.91 Å². The minimum absolute atomic E-state index is 0.334. The number of carbonyl (C=O) groups excluding carboxylic acids is 1. The Labute approximate surface area is 110 Å². The summed E-state index contributed by atoms with van der Waals surface area (Å²) in [7, 11) is 0. The zero-order valence-electron chi connectivity index (χ0n) is 9.89. The number of hydrogen-bond donors (Lipinski definition) is 2. The largest absolute Gasteiger partial charge is 0.480 e. The Kier molecular flexibility index (Phi) is 5.39. The highest BCUT2D eigenvalue weighted by molar-refractivity contribution is 6.32. The van der Waals surface area contributed by atoms with E-state index in [1.807, 2.05) is 0 Å². The molecular weight excluding hydrogens is 254 g/mol. The van der Waals surface area contributed by atoms with Crippen molar-refractivity contribution >= 4 is 29.6 Å². The van der Waals surface area contributed by atoms with Crippen LogP contribution in [0.1, 0.15) is 18.9 Å². The van der Waals surface area contributed by atoms with Crippen molar-refractivity contribution in [3.05, 3.63) is 40.9 Å². The number of aliphatic carboxylic acids is 1. The number of amides is 1. The minimum atomic E-state index is -1.04. The molecule has 1 unspecified atom stereocenters. The highest BCUT2D eigenvalue weighted by atomic mass is 35.5. The normalized spacial score (nSPS) is 12.3. The van der Waals surface area contributed by atoms with Gasteiger partial charge < -0.3 is 10.4 Å². The van der Waals surface area contributed by atoms with Crippen LogP contribution in [0, 0.1) is 0 Å². The molecule has 0 radical (unpaired) electrons. The molecule has 1 aromatic rings. The molecule has 18 heavy (non-hydrogen) atoms. The molecule has 0 saturated heterocycles. The summed E-state index contributed by atoms with van der Waals surface area (Å²) in [6.07, 6.45) is 3.15. The SMILES string of the molecule is CCC(NC(=O)/C=C/c1ccccc1Cl)C(=O)O. The number of carbonyl (C=O) groups is 2. The summed E-state index contributed by atoms with van der Waals surface area (Å²) in [6.45, 7) is 1.69. The quantitative estimate of drug-likeness (QED) is 0.805. The molecule has 0 aliphatic heterocycles. The Morgan fingerprint density at radius 2 is 2.11 bits per heavy atom. The lowest BCUT2D eigenvalue weighted by atomic mass is 10.2. The zero-order valence-corrected chi connectivity index (χ0v) is 10.6. The monoisotopic (exact) mass is 267 g/mol. The van der Waals surface area contributed by atoms with Crippen molar-refractivity contribution in [1.29, 1.82) is 0 Å². The predicted octanol–water partition coefficient (Wildman–Crippen LogP) is 2.33. The van der Waals surface area contributed by atoms with E-state index in [-0.39, 0.29) is 0 Å². The summed E-state index contributed by atoms with van der Waals surface area (Å²) < 4.78 is 0. The van der Waals surface area contributed by atoms with Gasteiger partial charge in [-0.2, -0.15) is 0 Å². The van der Waals surface area contributed by atoms with E-state index in [9.17, 15) is 9.59 Å². The Morgan fingerprint density at radius 1 is 1.44 bits per heavy atom. The lowest BCUT2D eigenvalue weighted by molar-refractivity contribution is -0.141. The molecule has 1 amide bonds. The average molecular weight is 268 g/mol. The van der Waals surface area contributed by atoms with Crippen LogP contribution in [-0.4, -0.2) is 23.0 Å². The van der Waals surface area contributed by atoms with E-state index in [1.54, 1.807) is 37.3 Å². The summed E-state index contributed by atoms with van der Waals surface area (Å²) in [5.74, 6) is -1.50. The molecule has 5 heteroatoms. The first-order valence-corrected chi connectivity index (χ1v) is 5.88. The van der Waals surface area contributed by atoms with Gasteiger partial charge in [-0.3, -0.25) is 4.79 Å². The highest BCUT2D eigenvalue weighted by Crippen LogP contribution is 2.15. The van der Waals surface area contributed by atoms with Crippen LogP contribution in [0.5, 0.6) is 0 Å². The summed E-state index contributed by atoms with van der Waals surface area (Å²) in [4.78, 5) is 22.2. The van der Waals surface area contributed by atoms with Crippen molar-refractivity contribution in [2.75, 3.05) is 0 Å². The van der Waals surface area contributed by atoms with E-state index in [4.69, 9.17) is 16.7 Å². The number of nitrogens with one attached hydrogen (secondary N) is 1. The van der Waals surface area contributed by atoms with Crippen molar-refractivity contribution in [2.45, 2.75) is 19.4 Å². The number of hydrogen-bond acceptors (Lipinski definition) is 2. The van der Waals surface area contributed by atoms with Crippen LogP contribution in [0.15, 0.2) is 30.3 Å². The van der Waals surface area contributed by atoms with Gasteiger partial charge in [0.25, 0.3) is 0 Å². The van der Waals surface area contributed by atoms with E-state index < -0.39 is 17.9 Å². The maximum atomic E-state index is 11.5. The molecule has 0 aliphatic rings. The molecule has 96 valence electrons. The van der Waals surface area contributed by atoms with Crippen LogP contribution in [0.2, 0.25) is 5.02 Å². The number of carboxylic acid groups (broad SMARTS) is 1. The maximum Gasteiger partial charge on any atom is 0.326 e. The number of benzene rings is 1. The van der Waals surface area contributed by atoms with Gasteiger partial charge in [0.15, 0.2) is 0 Å². The van der Waals surface area contributed by atoms with E-state index in [0.29, 0.717) is 17.0 Å². The third-order valence-corrected chi connectivity index (χ3v) is 2.69. The average Bonchev–Trinajstić information content (AvgIpc) is 2.34. The van der Waals surface area contributed by atoms with Crippen LogP contribution in [0.4, 0.5) is 0 Å². The second-order valence-electron chi connectivity index (χ2n) is 3.66. The molecule has 1 atom stereocenters. The van der Waals surface area contributed by atoms with Gasteiger partial charge in [0.1, 0.15) is 6.04 Å². The summed E-state index contributed by atoms with van der Waals surface area (Å²) in [5, 5.41) is 11.7. The lowest BCUT2D eigenvalue weighted by Crippen LogP contribution is -2.39. The zero-order chi connectivity index (χ0) is 13.5. The standard InChI is InChI=1S/C13H14ClNO3/c1-2-11(13(17)18)15-12(16)8-7-9-5-3-4-6-10(9)14/h3-8,11H,2H2,1H3,(H,15,16)(H,17,18)/b8-7+. The van der Waals surface area contributed by atoms with Crippen molar-refractivity contribution in [2.24, 2.45) is 0 Å². The molecule has 2 N–H and O–H groups in total. The lowest BCUT2D eigenvalue weighted by Gasteiger charge is -2.09. The third kappa shape index (κ3) is 4.22. The van der Waals surface area contributed by atoms with Gasteiger partial charge in [-0.15, -0.1) is 0 Å². The number of halogens is 1. The van der Waals surface area contributed by atoms with E-state index in [2.05, 4.69) is 5.32 Å². The van der Waals surface area contributed by atoms with Gasteiger partial charge in [0, 0.05) is 11.1 Å². The Balaban J connectivity index is 2.65. The second-order valence-corrected chi connectivity index (χ2v) is 4.07.